The van der Waals surface area contributed by atoms with Gasteiger partial charge in [-0.3, -0.25) is 4.79 Å². The fourth-order valence-corrected chi connectivity index (χ4v) is 6.99. The Bertz CT molecular complexity index is 739. The monoisotopic (exact) mass is 371 g/mol. The minimum absolute atomic E-state index is 0.0154. The molecular formula is C22H29NO4. The Morgan fingerprint density at radius 3 is 2.37 bits per heavy atom. The Morgan fingerprint density at radius 1 is 1.15 bits per heavy atom. The lowest BCUT2D eigenvalue weighted by Crippen LogP contribution is -2.54. The SMILES string of the molecule is CC(=O)NCC1OC(C23CC4CC(CC(C4)C2)C3)Cc2c1ccc(O)c2O. The van der Waals surface area contributed by atoms with E-state index in [9.17, 15) is 15.0 Å². The summed E-state index contributed by atoms with van der Waals surface area (Å²) >= 11 is 0. The minimum Gasteiger partial charge on any atom is -0.504 e. The van der Waals surface area contributed by atoms with Crippen molar-refractivity contribution in [2.45, 2.75) is 64.1 Å². The van der Waals surface area contributed by atoms with Gasteiger partial charge in [0.05, 0.1) is 6.10 Å². The van der Waals surface area contributed by atoms with E-state index in [1.165, 1.54) is 51.5 Å². The van der Waals surface area contributed by atoms with E-state index in [0.29, 0.717) is 13.0 Å². The van der Waals surface area contributed by atoms with Gasteiger partial charge in [-0.05, 0) is 73.3 Å². The van der Waals surface area contributed by atoms with Crippen LogP contribution in [-0.2, 0) is 16.0 Å². The fraction of sp³-hybridized carbons (Fsp3) is 0.682. The molecule has 4 saturated carbocycles. The standard InChI is InChI=1S/C22H29NO4/c1-12(24)23-11-19-16-2-3-18(25)21(26)17(16)7-20(27-19)22-8-13-4-14(9-22)6-15(5-13)10-22/h2-3,13-15,19-20,25-26H,4-11H2,1H3,(H,23,24). The molecule has 2 atom stereocenters. The third-order valence-corrected chi connectivity index (χ3v) is 7.67. The maximum Gasteiger partial charge on any atom is 0.216 e. The zero-order valence-electron chi connectivity index (χ0n) is 15.9. The molecule has 0 saturated heterocycles. The average molecular weight is 371 g/mol. The molecule has 5 heteroatoms. The van der Waals surface area contributed by atoms with E-state index in [0.717, 1.165) is 28.9 Å². The van der Waals surface area contributed by atoms with Gasteiger partial charge in [-0.15, -0.1) is 0 Å². The molecule has 0 aromatic heterocycles. The van der Waals surface area contributed by atoms with Crippen LogP contribution in [0.15, 0.2) is 12.1 Å². The highest BCUT2D eigenvalue weighted by Gasteiger charge is 2.55. The number of amides is 1. The molecular weight excluding hydrogens is 342 g/mol. The Hall–Kier alpha value is -1.75. The van der Waals surface area contributed by atoms with Gasteiger partial charge < -0.3 is 20.3 Å². The van der Waals surface area contributed by atoms with E-state index in [1.54, 1.807) is 0 Å². The molecule has 2 unspecified atom stereocenters. The second kappa shape index (κ2) is 6.13. The normalized spacial score (nSPS) is 39.2. The van der Waals surface area contributed by atoms with Gasteiger partial charge in [-0.1, -0.05) is 6.07 Å². The summed E-state index contributed by atoms with van der Waals surface area (Å²) in [5, 5.41) is 23.5. The van der Waals surface area contributed by atoms with Crippen molar-refractivity contribution in [3.05, 3.63) is 23.3 Å². The molecule has 5 aliphatic rings. The van der Waals surface area contributed by atoms with Crippen LogP contribution in [0.4, 0.5) is 0 Å². The molecule has 6 rings (SSSR count). The lowest BCUT2D eigenvalue weighted by atomic mass is 9.47. The third-order valence-electron chi connectivity index (χ3n) is 7.67. The Balaban J connectivity index is 1.49. The van der Waals surface area contributed by atoms with Crippen LogP contribution in [0.3, 0.4) is 0 Å². The Kier molecular flexibility index (Phi) is 3.94. The van der Waals surface area contributed by atoms with E-state index >= 15 is 0 Å². The van der Waals surface area contributed by atoms with Crippen LogP contribution in [0.1, 0.15) is 62.7 Å². The summed E-state index contributed by atoms with van der Waals surface area (Å²) in [7, 11) is 0. The Labute approximate surface area is 160 Å². The lowest BCUT2D eigenvalue weighted by molar-refractivity contribution is -0.166. The number of phenols is 2. The number of carbonyl (C=O) groups excluding carboxylic acids is 1. The molecule has 3 N–H and O–H groups in total. The molecule has 27 heavy (non-hydrogen) atoms. The molecule has 1 aromatic rings. The number of fused-ring (bicyclic) bond motifs is 1. The lowest BCUT2D eigenvalue weighted by Gasteiger charge is -2.60. The van der Waals surface area contributed by atoms with E-state index in [1.807, 2.05) is 6.07 Å². The van der Waals surface area contributed by atoms with Crippen LogP contribution in [0.5, 0.6) is 11.5 Å². The van der Waals surface area contributed by atoms with Crippen LogP contribution in [0, 0.1) is 23.2 Å². The Morgan fingerprint density at radius 2 is 1.78 bits per heavy atom. The zero-order chi connectivity index (χ0) is 18.8. The highest BCUT2D eigenvalue weighted by Crippen LogP contribution is 2.63. The second-order valence-electron chi connectivity index (χ2n) is 9.54. The van der Waals surface area contributed by atoms with Crippen molar-refractivity contribution in [3.8, 4) is 11.5 Å². The molecule has 0 radical (unpaired) electrons. The van der Waals surface area contributed by atoms with Crippen molar-refractivity contribution in [1.29, 1.82) is 0 Å². The summed E-state index contributed by atoms with van der Waals surface area (Å²) < 4.78 is 6.64. The minimum atomic E-state index is -0.276. The van der Waals surface area contributed by atoms with Gasteiger partial charge in [-0.2, -0.15) is 0 Å². The van der Waals surface area contributed by atoms with Gasteiger partial charge in [0.1, 0.15) is 6.10 Å². The largest absolute Gasteiger partial charge is 0.504 e. The number of aromatic hydroxyl groups is 2. The molecule has 1 aromatic carbocycles. The van der Waals surface area contributed by atoms with Crippen molar-refractivity contribution >= 4 is 5.91 Å². The third kappa shape index (κ3) is 2.82. The molecule has 1 aliphatic heterocycles. The van der Waals surface area contributed by atoms with E-state index < -0.39 is 0 Å². The van der Waals surface area contributed by atoms with Crippen molar-refractivity contribution in [2.75, 3.05) is 6.54 Å². The van der Waals surface area contributed by atoms with Gasteiger partial charge in [-0.25, -0.2) is 0 Å². The highest BCUT2D eigenvalue weighted by molar-refractivity contribution is 5.72. The summed E-state index contributed by atoms with van der Waals surface area (Å²) in [6.07, 6.45) is 8.24. The summed E-state index contributed by atoms with van der Waals surface area (Å²) in [6.45, 7) is 1.91. The molecule has 5 nitrogen and oxygen atoms in total. The first-order valence-electron chi connectivity index (χ1n) is 10.4. The first kappa shape index (κ1) is 17.4. The number of nitrogens with one attached hydrogen (secondary N) is 1. The van der Waals surface area contributed by atoms with Crippen LogP contribution in [-0.4, -0.2) is 28.8 Å². The van der Waals surface area contributed by atoms with Gasteiger partial charge in [0.2, 0.25) is 5.91 Å². The quantitative estimate of drug-likeness (QED) is 0.711. The smallest absolute Gasteiger partial charge is 0.216 e. The highest BCUT2D eigenvalue weighted by atomic mass is 16.5. The number of phenolic OH excluding ortho intramolecular Hbond substituents is 2. The van der Waals surface area contributed by atoms with Crippen molar-refractivity contribution in [2.24, 2.45) is 23.2 Å². The van der Waals surface area contributed by atoms with Gasteiger partial charge in [0.25, 0.3) is 0 Å². The van der Waals surface area contributed by atoms with Crippen LogP contribution >= 0.6 is 0 Å². The maximum absolute atomic E-state index is 11.5. The van der Waals surface area contributed by atoms with E-state index in [4.69, 9.17) is 4.74 Å². The number of rotatable bonds is 3. The number of carbonyl (C=O) groups is 1. The van der Waals surface area contributed by atoms with E-state index in [-0.39, 0.29) is 35.0 Å². The predicted octanol–water partition coefficient (Wildman–Crippen LogP) is 3.43. The van der Waals surface area contributed by atoms with Gasteiger partial charge in [0.15, 0.2) is 11.5 Å². The van der Waals surface area contributed by atoms with Crippen LogP contribution in [0.25, 0.3) is 0 Å². The van der Waals surface area contributed by atoms with Gasteiger partial charge in [0, 0.05) is 25.5 Å². The molecule has 146 valence electrons. The predicted molar refractivity (Wildman–Crippen MR) is 100 cm³/mol. The van der Waals surface area contributed by atoms with E-state index in [2.05, 4.69) is 5.32 Å². The summed E-state index contributed by atoms with van der Waals surface area (Å²) in [4.78, 5) is 11.5. The first-order chi connectivity index (χ1) is 12.9. The summed E-state index contributed by atoms with van der Waals surface area (Å²) in [5.41, 5.74) is 1.89. The van der Waals surface area contributed by atoms with Crippen LogP contribution < -0.4 is 5.32 Å². The fourth-order valence-electron chi connectivity index (χ4n) is 6.99. The van der Waals surface area contributed by atoms with Crippen molar-refractivity contribution in [1.82, 2.24) is 5.32 Å². The second-order valence-corrected chi connectivity index (χ2v) is 9.54. The number of hydrogen-bond acceptors (Lipinski definition) is 4. The van der Waals surface area contributed by atoms with Gasteiger partial charge >= 0.3 is 0 Å². The maximum atomic E-state index is 11.5. The van der Waals surface area contributed by atoms with Crippen molar-refractivity contribution < 1.29 is 19.7 Å². The first-order valence-corrected chi connectivity index (χ1v) is 10.4. The van der Waals surface area contributed by atoms with Crippen molar-refractivity contribution in [3.63, 3.8) is 0 Å². The topological polar surface area (TPSA) is 78.8 Å². The zero-order valence-corrected chi connectivity index (χ0v) is 15.9. The molecule has 1 heterocycles. The molecule has 0 spiro atoms. The molecule has 4 bridgehead atoms. The number of ether oxygens (including phenoxy) is 1. The molecule has 1 amide bonds. The summed E-state index contributed by atoms with van der Waals surface area (Å²) in [5.74, 6) is 2.31. The molecule has 4 aliphatic carbocycles. The van der Waals surface area contributed by atoms with Crippen LogP contribution in [0.2, 0.25) is 0 Å². The number of hydrogen-bond donors (Lipinski definition) is 3. The molecule has 4 fully saturated rings. The number of benzene rings is 1. The summed E-state index contributed by atoms with van der Waals surface area (Å²) in [6, 6.07) is 3.34. The average Bonchev–Trinajstić information content (AvgIpc) is 2.61.